The minimum atomic E-state index is -0.980. The molecule has 6 heteroatoms. The van der Waals surface area contributed by atoms with Gasteiger partial charge in [0, 0.05) is 34.7 Å². The summed E-state index contributed by atoms with van der Waals surface area (Å²) in [6.07, 6.45) is 2.43. The van der Waals surface area contributed by atoms with E-state index in [-0.39, 0.29) is 23.8 Å². The number of hydrogen-bond acceptors (Lipinski definition) is 2. The van der Waals surface area contributed by atoms with Crippen LogP contribution >= 0.6 is 0 Å². The van der Waals surface area contributed by atoms with E-state index in [0.717, 1.165) is 17.5 Å². The highest BCUT2D eigenvalue weighted by Gasteiger charge is 2.39. The zero-order valence-electron chi connectivity index (χ0n) is 13.3. The van der Waals surface area contributed by atoms with E-state index in [1.165, 1.54) is 12.1 Å². The van der Waals surface area contributed by atoms with Gasteiger partial charge in [-0.25, -0.2) is 9.18 Å². The van der Waals surface area contributed by atoms with E-state index in [9.17, 15) is 13.4 Å². The van der Waals surface area contributed by atoms with Gasteiger partial charge in [0.25, 0.3) is 0 Å². The summed E-state index contributed by atoms with van der Waals surface area (Å²) in [5, 5.41) is 5.71. The van der Waals surface area contributed by atoms with Crippen LogP contribution in [0.4, 0.5) is 14.9 Å². The van der Waals surface area contributed by atoms with E-state index in [1.54, 1.807) is 18.4 Å². The molecule has 0 aliphatic heterocycles. The summed E-state index contributed by atoms with van der Waals surface area (Å²) >= 11 is 0. The van der Waals surface area contributed by atoms with Crippen LogP contribution < -0.4 is 10.6 Å². The number of amides is 2. The number of anilines is 1. The van der Waals surface area contributed by atoms with Crippen LogP contribution in [-0.4, -0.2) is 22.5 Å². The van der Waals surface area contributed by atoms with Crippen LogP contribution in [-0.2, 0) is 16.6 Å². The molecule has 3 rings (SSSR count). The van der Waals surface area contributed by atoms with Gasteiger partial charge in [-0.1, -0.05) is 30.3 Å². The molecule has 2 aromatic rings. The zero-order valence-corrected chi connectivity index (χ0v) is 14.1. The Balaban J connectivity index is 1.59. The Morgan fingerprint density at radius 1 is 1.25 bits per heavy atom. The molecular formula is C18H19FN2O2S. The van der Waals surface area contributed by atoms with Crippen LogP contribution in [0.25, 0.3) is 0 Å². The van der Waals surface area contributed by atoms with Crippen molar-refractivity contribution in [2.24, 2.45) is 0 Å². The molecule has 3 atom stereocenters. The lowest BCUT2D eigenvalue weighted by Crippen LogP contribution is -2.31. The third-order valence-corrected chi connectivity index (χ3v) is 4.73. The molecule has 0 unspecified atom stereocenters. The lowest BCUT2D eigenvalue weighted by Gasteiger charge is -2.11. The fourth-order valence-corrected chi connectivity index (χ4v) is 3.46. The largest absolute Gasteiger partial charge is 0.334 e. The number of halogens is 1. The second kappa shape index (κ2) is 7.13. The van der Waals surface area contributed by atoms with E-state index >= 15 is 0 Å². The van der Waals surface area contributed by atoms with Crippen molar-refractivity contribution in [2.75, 3.05) is 11.6 Å². The van der Waals surface area contributed by atoms with Crippen molar-refractivity contribution < 1.29 is 13.4 Å². The summed E-state index contributed by atoms with van der Waals surface area (Å²) in [7, 11) is -0.980. The van der Waals surface area contributed by atoms with E-state index < -0.39 is 10.8 Å². The number of hydrogen-bond donors (Lipinski definition) is 2. The highest BCUT2D eigenvalue weighted by atomic mass is 32.2. The van der Waals surface area contributed by atoms with Gasteiger partial charge in [0.05, 0.1) is 5.75 Å². The highest BCUT2D eigenvalue weighted by Crippen LogP contribution is 2.40. The summed E-state index contributed by atoms with van der Waals surface area (Å²) in [4.78, 5) is 12.2. The van der Waals surface area contributed by atoms with E-state index in [2.05, 4.69) is 10.6 Å². The smallest absolute Gasteiger partial charge is 0.319 e. The number of urea groups is 1. The normalized spacial score (nSPS) is 20.2. The first-order valence-electron chi connectivity index (χ1n) is 7.74. The number of para-hydroxylation sites is 1. The van der Waals surface area contributed by atoms with Crippen molar-refractivity contribution in [3.8, 4) is 0 Å². The van der Waals surface area contributed by atoms with Gasteiger partial charge < -0.3 is 10.6 Å². The average molecular weight is 346 g/mol. The molecule has 0 bridgehead atoms. The first kappa shape index (κ1) is 16.6. The maximum absolute atomic E-state index is 13.3. The Morgan fingerprint density at radius 2 is 2.04 bits per heavy atom. The molecule has 2 amide bonds. The van der Waals surface area contributed by atoms with E-state index in [1.807, 2.05) is 24.3 Å². The molecule has 1 fully saturated rings. The number of rotatable bonds is 5. The third kappa shape index (κ3) is 4.20. The second-order valence-electron chi connectivity index (χ2n) is 5.98. The SMILES string of the molecule is C[S@@](=O)Cc1ccccc1NC(=O)N[C@@H]1C[C@H]1c1cccc(F)c1. The molecule has 1 aliphatic rings. The number of carbonyl (C=O) groups excluding carboxylic acids is 1. The van der Waals surface area contributed by atoms with Crippen LogP contribution in [0.15, 0.2) is 48.5 Å². The Hall–Kier alpha value is -2.21. The molecule has 0 heterocycles. The van der Waals surface area contributed by atoms with Crippen molar-refractivity contribution in [3.05, 3.63) is 65.5 Å². The van der Waals surface area contributed by atoms with E-state index in [4.69, 9.17) is 0 Å². The van der Waals surface area contributed by atoms with Gasteiger partial charge in [-0.2, -0.15) is 0 Å². The minimum Gasteiger partial charge on any atom is -0.334 e. The molecule has 24 heavy (non-hydrogen) atoms. The van der Waals surface area contributed by atoms with Gasteiger partial charge >= 0.3 is 6.03 Å². The van der Waals surface area contributed by atoms with E-state index in [0.29, 0.717) is 11.4 Å². The van der Waals surface area contributed by atoms with Crippen molar-refractivity contribution in [3.63, 3.8) is 0 Å². The van der Waals surface area contributed by atoms with Crippen LogP contribution in [0.3, 0.4) is 0 Å². The van der Waals surface area contributed by atoms with Gasteiger partial charge in [0.15, 0.2) is 0 Å². The Bertz CT molecular complexity index is 781. The number of nitrogens with one attached hydrogen (secondary N) is 2. The minimum absolute atomic E-state index is 0.0132. The summed E-state index contributed by atoms with van der Waals surface area (Å²) in [5.74, 6) is 0.292. The standard InChI is InChI=1S/C18H19FN2O2S/c1-24(23)11-13-5-2-3-8-16(13)20-18(22)21-17-10-15(17)12-6-4-7-14(19)9-12/h2-9,15,17H,10-11H2,1H3,(H2,20,21,22)/t15-,17+,24+/m0/s1. The molecule has 0 aromatic heterocycles. The molecule has 126 valence electrons. The number of benzene rings is 2. The Morgan fingerprint density at radius 3 is 2.79 bits per heavy atom. The highest BCUT2D eigenvalue weighted by molar-refractivity contribution is 7.83. The summed E-state index contributed by atoms with van der Waals surface area (Å²) in [6, 6.07) is 13.5. The lowest BCUT2D eigenvalue weighted by molar-refractivity contribution is 0.251. The first-order chi connectivity index (χ1) is 11.5. The molecule has 0 radical (unpaired) electrons. The lowest BCUT2D eigenvalue weighted by atomic mass is 10.1. The van der Waals surface area contributed by atoms with Crippen molar-refractivity contribution >= 4 is 22.5 Å². The maximum Gasteiger partial charge on any atom is 0.319 e. The predicted octanol–water partition coefficient (Wildman–Crippen LogP) is 3.38. The molecule has 2 N–H and O–H groups in total. The van der Waals surface area contributed by atoms with Crippen LogP contribution in [0.5, 0.6) is 0 Å². The molecule has 4 nitrogen and oxygen atoms in total. The molecule has 1 aliphatic carbocycles. The second-order valence-corrected chi connectivity index (χ2v) is 7.41. The topological polar surface area (TPSA) is 58.2 Å². The molecule has 2 aromatic carbocycles. The molecule has 0 saturated heterocycles. The summed E-state index contributed by atoms with van der Waals surface area (Å²) in [6.45, 7) is 0. The molecule has 0 spiro atoms. The van der Waals surface area contributed by atoms with Crippen molar-refractivity contribution in [1.82, 2.24) is 5.32 Å². The third-order valence-electron chi connectivity index (χ3n) is 4.01. The van der Waals surface area contributed by atoms with Crippen molar-refractivity contribution in [2.45, 2.75) is 24.1 Å². The van der Waals surface area contributed by atoms with Gasteiger partial charge in [0.1, 0.15) is 5.82 Å². The molecular weight excluding hydrogens is 327 g/mol. The van der Waals surface area contributed by atoms with Gasteiger partial charge in [-0.15, -0.1) is 0 Å². The quantitative estimate of drug-likeness (QED) is 0.872. The van der Waals surface area contributed by atoms with Gasteiger partial charge in [0.2, 0.25) is 0 Å². The molecule has 1 saturated carbocycles. The monoisotopic (exact) mass is 346 g/mol. The Labute approximate surface area is 142 Å². The maximum atomic E-state index is 13.3. The summed E-state index contributed by atoms with van der Waals surface area (Å²) < 4.78 is 24.7. The van der Waals surface area contributed by atoms with Gasteiger partial charge in [-0.05, 0) is 35.7 Å². The number of carbonyl (C=O) groups is 1. The fourth-order valence-electron chi connectivity index (χ4n) is 2.77. The van der Waals surface area contributed by atoms with Crippen molar-refractivity contribution in [1.29, 1.82) is 0 Å². The average Bonchev–Trinajstić information content (AvgIpc) is 3.28. The van der Waals surface area contributed by atoms with Crippen LogP contribution in [0, 0.1) is 5.82 Å². The van der Waals surface area contributed by atoms with Crippen LogP contribution in [0.2, 0.25) is 0 Å². The predicted molar refractivity (Wildman–Crippen MR) is 93.9 cm³/mol. The van der Waals surface area contributed by atoms with Gasteiger partial charge in [-0.3, -0.25) is 4.21 Å². The van der Waals surface area contributed by atoms with Crippen LogP contribution in [0.1, 0.15) is 23.5 Å². The Kier molecular flexibility index (Phi) is 4.94. The zero-order chi connectivity index (χ0) is 17.1. The first-order valence-corrected chi connectivity index (χ1v) is 9.46. The summed E-state index contributed by atoms with van der Waals surface area (Å²) in [5.41, 5.74) is 2.40. The fraction of sp³-hybridized carbons (Fsp3) is 0.278.